The van der Waals surface area contributed by atoms with Crippen molar-refractivity contribution in [3.63, 3.8) is 0 Å². The van der Waals surface area contributed by atoms with Crippen LogP contribution in [-0.2, 0) is 9.63 Å². The molecule has 2 amide bonds. The number of rotatable bonds is 7. The van der Waals surface area contributed by atoms with Gasteiger partial charge in [-0.3, -0.25) is 19.4 Å². The van der Waals surface area contributed by atoms with Crippen molar-refractivity contribution in [2.45, 2.75) is 44.3 Å². The molecule has 1 saturated carbocycles. The third-order valence-electron chi connectivity index (χ3n) is 7.00. The van der Waals surface area contributed by atoms with Crippen LogP contribution in [0.3, 0.4) is 0 Å². The van der Waals surface area contributed by atoms with Gasteiger partial charge < -0.3 is 4.90 Å². The summed E-state index contributed by atoms with van der Waals surface area (Å²) < 4.78 is 28.9. The Labute approximate surface area is 187 Å². The van der Waals surface area contributed by atoms with Gasteiger partial charge in [-0.1, -0.05) is 24.6 Å². The number of alkyl halides is 2. The Kier molecular flexibility index (Phi) is 7.37. The molecular weight excluding hydrogens is 418 g/mol. The molecule has 1 N–H and O–H groups in total. The number of likely N-dealkylation sites (tertiary alicyclic amines) is 1. The SMILES string of the molecule is O=C(NOC(F)(F)C1CCN(CC(=O)N2CCN(C3CCC3)CC2)CC1)c1ccccc1. The zero-order valence-corrected chi connectivity index (χ0v) is 18.3. The number of amides is 2. The van der Waals surface area contributed by atoms with E-state index in [-0.39, 0.29) is 30.9 Å². The molecule has 2 saturated heterocycles. The number of carbonyl (C=O) groups is 2. The topological polar surface area (TPSA) is 65.1 Å². The predicted molar refractivity (Wildman–Crippen MR) is 115 cm³/mol. The van der Waals surface area contributed by atoms with E-state index in [1.165, 1.54) is 31.4 Å². The van der Waals surface area contributed by atoms with E-state index in [0.29, 0.717) is 19.1 Å². The number of piperidine rings is 1. The molecule has 3 aliphatic rings. The van der Waals surface area contributed by atoms with Crippen LogP contribution in [0.5, 0.6) is 0 Å². The van der Waals surface area contributed by atoms with Crippen molar-refractivity contribution in [3.8, 4) is 0 Å². The van der Waals surface area contributed by atoms with Gasteiger partial charge in [-0.15, -0.1) is 0 Å². The second-order valence-electron chi connectivity index (χ2n) is 9.01. The molecule has 0 bridgehead atoms. The summed E-state index contributed by atoms with van der Waals surface area (Å²) in [6, 6.07) is 8.79. The number of hydroxylamine groups is 1. The number of halogens is 2. The van der Waals surface area contributed by atoms with E-state index in [1.807, 2.05) is 15.3 Å². The largest absolute Gasteiger partial charge is 0.378 e. The molecule has 32 heavy (non-hydrogen) atoms. The molecule has 0 aromatic heterocycles. The van der Waals surface area contributed by atoms with E-state index in [1.54, 1.807) is 18.2 Å². The van der Waals surface area contributed by atoms with Gasteiger partial charge in [0.15, 0.2) is 0 Å². The van der Waals surface area contributed by atoms with Crippen LogP contribution in [0.2, 0.25) is 0 Å². The first-order valence-electron chi connectivity index (χ1n) is 11.6. The van der Waals surface area contributed by atoms with Gasteiger partial charge in [-0.2, -0.15) is 8.78 Å². The number of hydrogen-bond acceptors (Lipinski definition) is 5. The number of carbonyl (C=O) groups excluding carboxylic acids is 2. The summed E-state index contributed by atoms with van der Waals surface area (Å²) in [6.07, 6.45) is 0.801. The third kappa shape index (κ3) is 5.63. The Hall–Kier alpha value is -2.10. The maximum Gasteiger partial charge on any atom is 0.378 e. The summed E-state index contributed by atoms with van der Waals surface area (Å²) >= 11 is 0. The van der Waals surface area contributed by atoms with Crippen molar-refractivity contribution >= 4 is 11.8 Å². The summed E-state index contributed by atoms with van der Waals surface area (Å²) in [5.41, 5.74) is 2.13. The van der Waals surface area contributed by atoms with Crippen molar-refractivity contribution in [2.24, 2.45) is 5.92 Å². The van der Waals surface area contributed by atoms with Gasteiger partial charge >= 0.3 is 6.11 Å². The van der Waals surface area contributed by atoms with Gasteiger partial charge in [0.05, 0.1) is 12.5 Å². The van der Waals surface area contributed by atoms with Gasteiger partial charge in [0.2, 0.25) is 5.91 Å². The lowest BCUT2D eigenvalue weighted by atomic mass is 9.91. The van der Waals surface area contributed by atoms with E-state index in [4.69, 9.17) is 0 Å². The van der Waals surface area contributed by atoms with E-state index in [2.05, 4.69) is 9.74 Å². The molecule has 1 aromatic carbocycles. The number of nitrogens with zero attached hydrogens (tertiary/aromatic N) is 3. The molecular formula is C23H32F2N4O3. The zero-order chi connectivity index (χ0) is 22.6. The highest BCUT2D eigenvalue weighted by Crippen LogP contribution is 2.33. The maximum atomic E-state index is 14.5. The molecule has 9 heteroatoms. The minimum Gasteiger partial charge on any atom is -0.339 e. The van der Waals surface area contributed by atoms with E-state index >= 15 is 0 Å². The van der Waals surface area contributed by atoms with Crippen molar-refractivity contribution in [2.75, 3.05) is 45.8 Å². The molecule has 2 heterocycles. The first kappa shape index (κ1) is 23.1. The molecule has 2 aliphatic heterocycles. The van der Waals surface area contributed by atoms with Gasteiger partial charge in [-0.25, -0.2) is 10.3 Å². The van der Waals surface area contributed by atoms with Crippen molar-refractivity contribution in [1.29, 1.82) is 0 Å². The number of hydrogen-bond donors (Lipinski definition) is 1. The quantitative estimate of drug-likeness (QED) is 0.646. The smallest absolute Gasteiger partial charge is 0.339 e. The first-order chi connectivity index (χ1) is 15.4. The average molecular weight is 451 g/mol. The van der Waals surface area contributed by atoms with Crippen LogP contribution >= 0.6 is 0 Å². The van der Waals surface area contributed by atoms with E-state index in [9.17, 15) is 18.4 Å². The molecule has 0 atom stereocenters. The fourth-order valence-electron chi connectivity index (χ4n) is 4.65. The molecule has 7 nitrogen and oxygen atoms in total. The van der Waals surface area contributed by atoms with Crippen LogP contribution in [0.4, 0.5) is 8.78 Å². The van der Waals surface area contributed by atoms with Gasteiger partial charge in [0.25, 0.3) is 5.91 Å². The monoisotopic (exact) mass is 450 g/mol. The summed E-state index contributed by atoms with van der Waals surface area (Å²) in [5.74, 6) is -1.63. The molecule has 1 aromatic rings. The normalized spacial score (nSPS) is 21.9. The summed E-state index contributed by atoms with van der Waals surface area (Å²) in [5, 5.41) is 0. The van der Waals surface area contributed by atoms with Crippen LogP contribution in [0, 0.1) is 5.92 Å². The lowest BCUT2D eigenvalue weighted by Gasteiger charge is -2.43. The van der Waals surface area contributed by atoms with Crippen LogP contribution in [0.1, 0.15) is 42.5 Å². The van der Waals surface area contributed by atoms with Gasteiger partial charge in [-0.05, 0) is 50.9 Å². The second kappa shape index (κ2) is 10.2. The van der Waals surface area contributed by atoms with Crippen LogP contribution in [0.15, 0.2) is 30.3 Å². The van der Waals surface area contributed by atoms with Crippen molar-refractivity contribution in [3.05, 3.63) is 35.9 Å². The molecule has 3 fully saturated rings. The fourth-order valence-corrected chi connectivity index (χ4v) is 4.65. The molecule has 0 unspecified atom stereocenters. The summed E-state index contributed by atoms with van der Waals surface area (Å²) in [6.45, 7) is 4.44. The number of nitrogens with one attached hydrogen (secondary N) is 1. The Morgan fingerprint density at radius 2 is 1.62 bits per heavy atom. The predicted octanol–water partition coefficient (Wildman–Crippen LogP) is 2.35. The lowest BCUT2D eigenvalue weighted by molar-refractivity contribution is -0.298. The van der Waals surface area contributed by atoms with E-state index < -0.39 is 17.9 Å². The van der Waals surface area contributed by atoms with E-state index in [0.717, 1.165) is 26.2 Å². The minimum absolute atomic E-state index is 0.0786. The van der Waals surface area contributed by atoms with Crippen molar-refractivity contribution < 1.29 is 23.2 Å². The summed E-state index contributed by atoms with van der Waals surface area (Å²) in [4.78, 5) is 35.4. The molecule has 4 rings (SSSR count). The van der Waals surface area contributed by atoms with Gasteiger partial charge in [0.1, 0.15) is 0 Å². The average Bonchev–Trinajstić information content (AvgIpc) is 2.78. The van der Waals surface area contributed by atoms with Gasteiger partial charge in [0, 0.05) is 37.8 Å². The van der Waals surface area contributed by atoms with Crippen molar-refractivity contribution in [1.82, 2.24) is 20.2 Å². The van der Waals surface area contributed by atoms with Crippen LogP contribution < -0.4 is 5.48 Å². The van der Waals surface area contributed by atoms with Crippen LogP contribution in [-0.4, -0.2) is 84.5 Å². The number of benzene rings is 1. The molecule has 0 spiro atoms. The third-order valence-corrected chi connectivity index (χ3v) is 7.00. The molecule has 1 aliphatic carbocycles. The zero-order valence-electron chi connectivity index (χ0n) is 18.3. The highest BCUT2D eigenvalue weighted by molar-refractivity contribution is 5.93. The highest BCUT2D eigenvalue weighted by atomic mass is 19.3. The first-order valence-corrected chi connectivity index (χ1v) is 11.6. The Bertz CT molecular complexity index is 775. The molecule has 0 radical (unpaired) electrons. The van der Waals surface area contributed by atoms with Crippen LogP contribution in [0.25, 0.3) is 0 Å². The Morgan fingerprint density at radius 1 is 0.969 bits per heavy atom. The lowest BCUT2D eigenvalue weighted by Crippen LogP contribution is -2.55. The second-order valence-corrected chi connectivity index (χ2v) is 9.01. The Morgan fingerprint density at radius 3 is 2.22 bits per heavy atom. The molecule has 176 valence electrons. The maximum absolute atomic E-state index is 14.5. The summed E-state index contributed by atoms with van der Waals surface area (Å²) in [7, 11) is 0. The minimum atomic E-state index is -3.46. The number of piperazine rings is 1. The highest BCUT2D eigenvalue weighted by Gasteiger charge is 2.44. The Balaban J connectivity index is 1.17. The standard InChI is InChI=1S/C23H32F2N4O3/c24-23(25,32-26-22(31)18-5-2-1-3-6-18)19-9-11-27(12-10-19)17-21(30)29-15-13-28(14-16-29)20-7-4-8-20/h1-3,5-6,19-20H,4,7-17H2,(H,26,31). The fraction of sp³-hybridized carbons (Fsp3) is 0.652.